The van der Waals surface area contributed by atoms with Gasteiger partial charge in [0.2, 0.25) is 5.91 Å². The van der Waals surface area contributed by atoms with Crippen molar-refractivity contribution in [2.45, 2.75) is 26.4 Å². The summed E-state index contributed by atoms with van der Waals surface area (Å²) in [5, 5.41) is 17.8. The van der Waals surface area contributed by atoms with E-state index in [4.69, 9.17) is 27.9 Å². The number of aromatic nitrogens is 2. The quantitative estimate of drug-likeness (QED) is 0.221. The van der Waals surface area contributed by atoms with Crippen molar-refractivity contribution in [3.8, 4) is 11.8 Å². The topological polar surface area (TPSA) is 103 Å². The van der Waals surface area contributed by atoms with Gasteiger partial charge in [-0.15, -0.1) is 0 Å². The van der Waals surface area contributed by atoms with E-state index in [1.54, 1.807) is 30.5 Å². The fourth-order valence-corrected chi connectivity index (χ4v) is 4.30. The summed E-state index contributed by atoms with van der Waals surface area (Å²) >= 11 is 12.4. The Morgan fingerprint density at radius 2 is 1.92 bits per heavy atom. The molecule has 0 radical (unpaired) electrons. The Labute approximate surface area is 237 Å². The van der Waals surface area contributed by atoms with Crippen molar-refractivity contribution in [1.29, 1.82) is 5.26 Å². The summed E-state index contributed by atoms with van der Waals surface area (Å²) in [7, 11) is 3.96. The normalized spacial score (nSPS) is 10.9. The van der Waals surface area contributed by atoms with E-state index in [1.807, 2.05) is 44.1 Å². The van der Waals surface area contributed by atoms with E-state index >= 15 is 0 Å². The van der Waals surface area contributed by atoms with E-state index in [-0.39, 0.29) is 12.5 Å². The predicted octanol–water partition coefficient (Wildman–Crippen LogP) is 6.72. The van der Waals surface area contributed by atoms with Gasteiger partial charge in [-0.3, -0.25) is 14.8 Å². The van der Waals surface area contributed by atoms with E-state index in [0.29, 0.717) is 55.7 Å². The van der Waals surface area contributed by atoms with Crippen molar-refractivity contribution in [3.05, 3.63) is 81.7 Å². The number of ether oxygens (including phenoxy) is 1. The molecule has 2 aromatic heterocycles. The third kappa shape index (κ3) is 7.36. The van der Waals surface area contributed by atoms with Crippen LogP contribution in [0.2, 0.25) is 10.0 Å². The molecule has 2 aromatic carbocycles. The first-order chi connectivity index (χ1) is 18.7. The smallest absolute Gasteiger partial charge is 0.224 e. The third-order valence-corrected chi connectivity index (χ3v) is 6.50. The highest BCUT2D eigenvalue weighted by Gasteiger charge is 2.14. The van der Waals surface area contributed by atoms with E-state index < -0.39 is 0 Å². The zero-order valence-electron chi connectivity index (χ0n) is 21.9. The molecule has 0 atom stereocenters. The molecule has 0 saturated heterocycles. The van der Waals surface area contributed by atoms with Crippen molar-refractivity contribution in [2.24, 2.45) is 0 Å². The number of carbonyl (C=O) groups excluding carboxylic acids is 1. The first-order valence-electron chi connectivity index (χ1n) is 12.3. The number of hydrogen-bond acceptors (Lipinski definition) is 7. The molecular weight excluding hydrogens is 535 g/mol. The lowest BCUT2D eigenvalue weighted by molar-refractivity contribution is -0.116. The molecule has 0 aliphatic carbocycles. The highest BCUT2D eigenvalue weighted by Crippen LogP contribution is 2.35. The molecule has 4 rings (SSSR count). The second-order valence-corrected chi connectivity index (χ2v) is 10.2. The van der Waals surface area contributed by atoms with E-state index in [0.717, 1.165) is 24.2 Å². The number of pyridine rings is 2. The number of nitriles is 1. The van der Waals surface area contributed by atoms with Gasteiger partial charge < -0.3 is 20.3 Å². The standard InChI is InChI=1S/C29H28Cl2N6O2/c1-18-11-26-23(13-25(18)36-28(38)5-4-10-37(2)3)29(19(14-32)15-34-26)35-21-8-9-27(24(31)12-21)39-17-22-7-6-20(30)16-33-22/h6-9,11-13,15-16H,4-5,10,17H2,1-3H3,(H,34,35)(H,36,38). The Hall–Kier alpha value is -3.90. The molecule has 200 valence electrons. The molecule has 0 saturated carbocycles. The lowest BCUT2D eigenvalue weighted by Gasteiger charge is -2.16. The number of nitrogens with one attached hydrogen (secondary N) is 2. The van der Waals surface area contributed by atoms with Gasteiger partial charge in [0.1, 0.15) is 18.4 Å². The maximum atomic E-state index is 12.6. The Morgan fingerprint density at radius 1 is 1.10 bits per heavy atom. The average Bonchev–Trinajstić information content (AvgIpc) is 2.90. The number of carbonyl (C=O) groups is 1. The summed E-state index contributed by atoms with van der Waals surface area (Å²) in [4.78, 5) is 23.3. The van der Waals surface area contributed by atoms with Gasteiger partial charge in [0.15, 0.2) is 0 Å². The molecule has 0 bridgehead atoms. The number of fused-ring (bicyclic) bond motifs is 1. The Kier molecular flexibility index (Phi) is 9.20. The number of hydrogen-bond donors (Lipinski definition) is 2. The Bertz CT molecular complexity index is 1530. The molecule has 1 amide bonds. The van der Waals surface area contributed by atoms with Crippen LogP contribution in [-0.2, 0) is 11.4 Å². The minimum atomic E-state index is -0.0608. The maximum absolute atomic E-state index is 12.6. The van der Waals surface area contributed by atoms with Gasteiger partial charge >= 0.3 is 0 Å². The molecule has 0 fully saturated rings. The maximum Gasteiger partial charge on any atom is 0.224 e. The van der Waals surface area contributed by atoms with Gasteiger partial charge in [0, 0.05) is 35.6 Å². The number of benzene rings is 2. The van der Waals surface area contributed by atoms with Crippen molar-refractivity contribution < 1.29 is 9.53 Å². The van der Waals surface area contributed by atoms with E-state index in [2.05, 4.69) is 26.7 Å². The van der Waals surface area contributed by atoms with Gasteiger partial charge in [-0.05, 0) is 82.0 Å². The van der Waals surface area contributed by atoms with Crippen molar-refractivity contribution in [3.63, 3.8) is 0 Å². The van der Waals surface area contributed by atoms with Gasteiger partial charge in [0.25, 0.3) is 0 Å². The van der Waals surface area contributed by atoms with Crippen LogP contribution < -0.4 is 15.4 Å². The van der Waals surface area contributed by atoms with Crippen LogP contribution in [0.15, 0.2) is 54.9 Å². The minimum absolute atomic E-state index is 0.0608. The van der Waals surface area contributed by atoms with Gasteiger partial charge in [-0.25, -0.2) is 0 Å². The first-order valence-corrected chi connectivity index (χ1v) is 13.1. The summed E-state index contributed by atoms with van der Waals surface area (Å²) in [5.74, 6) is 0.434. The van der Waals surface area contributed by atoms with Crippen LogP contribution in [0.4, 0.5) is 17.1 Å². The summed E-state index contributed by atoms with van der Waals surface area (Å²) in [6.07, 6.45) is 4.26. The SMILES string of the molecule is Cc1cc2ncc(C#N)c(Nc3ccc(OCc4ccc(Cl)cn4)c(Cl)c3)c2cc1NC(=O)CCCN(C)C. The highest BCUT2D eigenvalue weighted by molar-refractivity contribution is 6.32. The van der Waals surface area contributed by atoms with Gasteiger partial charge in [0.05, 0.1) is 32.5 Å². The van der Waals surface area contributed by atoms with Crippen molar-refractivity contribution >= 4 is 57.1 Å². The summed E-state index contributed by atoms with van der Waals surface area (Å²) < 4.78 is 5.82. The van der Waals surface area contributed by atoms with Crippen molar-refractivity contribution in [1.82, 2.24) is 14.9 Å². The van der Waals surface area contributed by atoms with Crippen LogP contribution in [-0.4, -0.2) is 41.4 Å². The molecule has 0 aliphatic heterocycles. The number of rotatable bonds is 10. The summed E-state index contributed by atoms with van der Waals surface area (Å²) in [6.45, 7) is 2.98. The predicted molar refractivity (Wildman–Crippen MR) is 156 cm³/mol. The zero-order chi connectivity index (χ0) is 27.9. The van der Waals surface area contributed by atoms with E-state index in [9.17, 15) is 10.1 Å². The number of anilines is 3. The minimum Gasteiger partial charge on any atom is -0.486 e. The van der Waals surface area contributed by atoms with Crippen LogP contribution in [0.25, 0.3) is 10.9 Å². The molecule has 0 unspecified atom stereocenters. The van der Waals surface area contributed by atoms with Gasteiger partial charge in [-0.2, -0.15) is 5.26 Å². The van der Waals surface area contributed by atoms with Crippen molar-refractivity contribution in [2.75, 3.05) is 31.3 Å². The zero-order valence-corrected chi connectivity index (χ0v) is 23.4. The Morgan fingerprint density at radius 3 is 2.62 bits per heavy atom. The molecule has 0 spiro atoms. The summed E-state index contributed by atoms with van der Waals surface area (Å²) in [6, 6.07) is 14.8. The highest BCUT2D eigenvalue weighted by atomic mass is 35.5. The third-order valence-electron chi connectivity index (χ3n) is 5.98. The summed E-state index contributed by atoms with van der Waals surface area (Å²) in [5.41, 5.74) is 4.56. The second kappa shape index (κ2) is 12.8. The molecular formula is C29H28Cl2N6O2. The van der Waals surface area contributed by atoms with E-state index in [1.165, 1.54) is 6.20 Å². The Balaban J connectivity index is 1.57. The lowest BCUT2D eigenvalue weighted by Crippen LogP contribution is -2.17. The molecule has 0 aliphatic rings. The number of halogens is 2. The lowest BCUT2D eigenvalue weighted by atomic mass is 10.0. The fraction of sp³-hybridized carbons (Fsp3) is 0.241. The largest absolute Gasteiger partial charge is 0.486 e. The number of aryl methyl sites for hydroxylation is 1. The van der Waals surface area contributed by atoms with Crippen LogP contribution >= 0.6 is 23.2 Å². The van der Waals surface area contributed by atoms with Crippen LogP contribution in [0, 0.1) is 18.3 Å². The molecule has 39 heavy (non-hydrogen) atoms. The van der Waals surface area contributed by atoms with Crippen LogP contribution in [0.3, 0.4) is 0 Å². The second-order valence-electron chi connectivity index (χ2n) is 9.32. The average molecular weight is 563 g/mol. The molecule has 8 nitrogen and oxygen atoms in total. The fourth-order valence-electron chi connectivity index (χ4n) is 3.95. The van der Waals surface area contributed by atoms with Crippen LogP contribution in [0.1, 0.15) is 29.7 Å². The molecule has 4 aromatic rings. The molecule has 10 heteroatoms. The monoisotopic (exact) mass is 562 g/mol. The number of amides is 1. The van der Waals surface area contributed by atoms with Crippen LogP contribution in [0.5, 0.6) is 5.75 Å². The molecule has 2 N–H and O–H groups in total. The first kappa shape index (κ1) is 28.1. The van der Waals surface area contributed by atoms with Gasteiger partial charge in [-0.1, -0.05) is 23.2 Å². The molecule has 2 heterocycles. The number of nitrogens with zero attached hydrogens (tertiary/aromatic N) is 4.